The lowest BCUT2D eigenvalue weighted by atomic mass is 10.0. The summed E-state index contributed by atoms with van der Waals surface area (Å²) in [5.74, 6) is -2.16. The Balaban J connectivity index is 0.000000541. The van der Waals surface area contributed by atoms with Crippen molar-refractivity contribution in [3.05, 3.63) is 83.6 Å². The zero-order valence-corrected chi connectivity index (χ0v) is 24.1. The van der Waals surface area contributed by atoms with Crippen LogP contribution in [0.5, 0.6) is 5.75 Å². The van der Waals surface area contributed by atoms with E-state index in [-0.39, 0.29) is 5.91 Å². The van der Waals surface area contributed by atoms with Crippen LogP contribution in [0.3, 0.4) is 0 Å². The summed E-state index contributed by atoms with van der Waals surface area (Å²) in [6, 6.07) is 22.7. The van der Waals surface area contributed by atoms with Gasteiger partial charge in [-0.1, -0.05) is 36.4 Å². The van der Waals surface area contributed by atoms with Gasteiger partial charge in [-0.3, -0.25) is 9.69 Å². The minimum atomic E-state index is -5.08. The number of carbonyl (C=O) groups is 2. The second kappa shape index (κ2) is 15.0. The molecule has 2 aliphatic heterocycles. The third-order valence-electron chi connectivity index (χ3n) is 7.65. The SMILES string of the molecule is COc1cccc(CNC(=O)c2cccc(-c3cccc(CN4CCC(N5CCCC5)CC4)c3)n2)c1.O=C(O)C(F)(F)F. The largest absolute Gasteiger partial charge is 0.497 e. The number of aliphatic carboxylic acids is 1. The van der Waals surface area contributed by atoms with E-state index in [2.05, 4.69) is 44.4 Å². The summed E-state index contributed by atoms with van der Waals surface area (Å²) >= 11 is 0. The Hall–Kier alpha value is -3.96. The van der Waals surface area contributed by atoms with Crippen LogP contribution in [0.1, 0.15) is 47.3 Å². The number of likely N-dealkylation sites (tertiary alicyclic amines) is 2. The van der Waals surface area contributed by atoms with Gasteiger partial charge in [0.2, 0.25) is 0 Å². The number of rotatable bonds is 8. The number of pyridine rings is 1. The molecule has 230 valence electrons. The van der Waals surface area contributed by atoms with Gasteiger partial charge >= 0.3 is 12.1 Å². The van der Waals surface area contributed by atoms with E-state index in [0.717, 1.165) is 48.2 Å². The van der Waals surface area contributed by atoms with Gasteiger partial charge in [0.1, 0.15) is 11.4 Å². The number of ether oxygens (including phenoxy) is 1. The van der Waals surface area contributed by atoms with E-state index in [0.29, 0.717) is 12.2 Å². The smallest absolute Gasteiger partial charge is 0.490 e. The highest BCUT2D eigenvalue weighted by atomic mass is 19.4. The Kier molecular flexibility index (Phi) is 11.1. The quantitative estimate of drug-likeness (QED) is 0.360. The molecular weight excluding hydrogens is 561 g/mol. The summed E-state index contributed by atoms with van der Waals surface area (Å²) in [5.41, 5.74) is 4.56. The van der Waals surface area contributed by atoms with Gasteiger partial charge in [0.05, 0.1) is 12.8 Å². The van der Waals surface area contributed by atoms with E-state index >= 15 is 0 Å². The Bertz CT molecular complexity index is 1370. The summed E-state index contributed by atoms with van der Waals surface area (Å²) in [6.45, 7) is 6.28. The first kappa shape index (κ1) is 32.0. The van der Waals surface area contributed by atoms with Crippen molar-refractivity contribution < 1.29 is 32.6 Å². The van der Waals surface area contributed by atoms with Gasteiger partial charge in [0, 0.05) is 24.7 Å². The number of carbonyl (C=O) groups excluding carboxylic acids is 1. The van der Waals surface area contributed by atoms with E-state index in [1.54, 1.807) is 13.2 Å². The molecule has 0 bridgehead atoms. The number of nitrogens with zero attached hydrogens (tertiary/aromatic N) is 3. The average molecular weight is 599 g/mol. The van der Waals surface area contributed by atoms with Crippen LogP contribution in [-0.4, -0.2) is 77.3 Å². The van der Waals surface area contributed by atoms with E-state index in [1.807, 2.05) is 36.4 Å². The van der Waals surface area contributed by atoms with Crippen molar-refractivity contribution in [1.29, 1.82) is 0 Å². The van der Waals surface area contributed by atoms with Crippen LogP contribution in [0.25, 0.3) is 11.3 Å². The van der Waals surface area contributed by atoms with Crippen molar-refractivity contribution in [2.24, 2.45) is 0 Å². The molecule has 2 fully saturated rings. The summed E-state index contributed by atoms with van der Waals surface area (Å²) in [4.78, 5) is 31.6. The van der Waals surface area contributed by atoms with Crippen molar-refractivity contribution in [2.45, 2.75) is 51.0 Å². The molecule has 2 aromatic carbocycles. The highest BCUT2D eigenvalue weighted by molar-refractivity contribution is 5.92. The lowest BCUT2D eigenvalue weighted by molar-refractivity contribution is -0.192. The molecule has 11 heteroatoms. The second-order valence-electron chi connectivity index (χ2n) is 10.7. The standard InChI is InChI=1S/C30H36N4O2.C2HF3O2/c1-36-27-10-5-7-23(20-27)21-31-30(35)29-12-6-11-28(32-29)25-9-4-8-24(19-25)22-33-17-13-26(14-18-33)34-15-2-3-16-34;3-2(4,5)1(6)7/h4-12,19-20,26H,2-3,13-18,21-22H2,1H3,(H,31,35);(H,6,7). The van der Waals surface area contributed by atoms with Gasteiger partial charge in [-0.05, 0) is 93.3 Å². The van der Waals surface area contributed by atoms with Gasteiger partial charge in [0.25, 0.3) is 5.91 Å². The lowest BCUT2D eigenvalue weighted by Gasteiger charge is -2.36. The number of aromatic nitrogens is 1. The number of hydrogen-bond donors (Lipinski definition) is 2. The van der Waals surface area contributed by atoms with E-state index in [4.69, 9.17) is 14.6 Å². The highest BCUT2D eigenvalue weighted by Crippen LogP contribution is 2.24. The molecule has 3 aromatic rings. The number of piperidine rings is 1. The van der Waals surface area contributed by atoms with Gasteiger partial charge in [0.15, 0.2) is 0 Å². The Labute approximate surface area is 249 Å². The maximum absolute atomic E-state index is 12.8. The summed E-state index contributed by atoms with van der Waals surface area (Å²) < 4.78 is 37.0. The number of halogens is 3. The van der Waals surface area contributed by atoms with Crippen molar-refractivity contribution >= 4 is 11.9 Å². The van der Waals surface area contributed by atoms with E-state index < -0.39 is 12.1 Å². The second-order valence-corrected chi connectivity index (χ2v) is 10.7. The zero-order valence-electron chi connectivity index (χ0n) is 24.1. The fourth-order valence-corrected chi connectivity index (χ4v) is 5.41. The Morgan fingerprint density at radius 2 is 1.60 bits per heavy atom. The van der Waals surface area contributed by atoms with Crippen LogP contribution < -0.4 is 10.1 Å². The van der Waals surface area contributed by atoms with Crippen LogP contribution in [-0.2, 0) is 17.9 Å². The summed E-state index contributed by atoms with van der Waals surface area (Å²) in [7, 11) is 1.64. The molecule has 0 spiro atoms. The molecule has 2 aliphatic rings. The van der Waals surface area contributed by atoms with Gasteiger partial charge < -0.3 is 20.1 Å². The highest BCUT2D eigenvalue weighted by Gasteiger charge is 2.38. The first-order valence-electron chi connectivity index (χ1n) is 14.4. The fraction of sp³-hybridized carbons (Fsp3) is 0.406. The third kappa shape index (κ3) is 9.52. The van der Waals surface area contributed by atoms with Gasteiger partial charge in [-0.15, -0.1) is 0 Å². The predicted octanol–water partition coefficient (Wildman–Crippen LogP) is 5.38. The van der Waals surface area contributed by atoms with Gasteiger partial charge in [-0.2, -0.15) is 13.2 Å². The molecule has 3 heterocycles. The maximum Gasteiger partial charge on any atom is 0.490 e. The molecule has 0 aliphatic carbocycles. The minimum Gasteiger partial charge on any atom is -0.497 e. The normalized spacial score (nSPS) is 16.3. The molecule has 8 nitrogen and oxygen atoms in total. The first-order chi connectivity index (χ1) is 20.6. The zero-order chi connectivity index (χ0) is 30.8. The van der Waals surface area contributed by atoms with E-state index in [1.165, 1.54) is 44.3 Å². The van der Waals surface area contributed by atoms with Crippen molar-refractivity contribution in [2.75, 3.05) is 33.3 Å². The van der Waals surface area contributed by atoms with Crippen LogP contribution in [0.4, 0.5) is 13.2 Å². The number of alkyl halides is 3. The van der Waals surface area contributed by atoms with Crippen LogP contribution in [0.2, 0.25) is 0 Å². The lowest BCUT2D eigenvalue weighted by Crippen LogP contribution is -2.43. The molecule has 1 aromatic heterocycles. The molecule has 0 unspecified atom stereocenters. The number of amides is 1. The number of carboxylic acid groups (broad SMARTS) is 1. The molecule has 1 amide bonds. The van der Waals surface area contributed by atoms with Crippen molar-refractivity contribution in [3.63, 3.8) is 0 Å². The molecule has 5 rings (SSSR count). The van der Waals surface area contributed by atoms with Gasteiger partial charge in [-0.25, -0.2) is 9.78 Å². The maximum atomic E-state index is 12.8. The number of methoxy groups -OCH3 is 1. The molecule has 2 saturated heterocycles. The fourth-order valence-electron chi connectivity index (χ4n) is 5.41. The van der Waals surface area contributed by atoms with E-state index in [9.17, 15) is 18.0 Å². The minimum absolute atomic E-state index is 0.184. The number of hydrogen-bond acceptors (Lipinski definition) is 6. The number of benzene rings is 2. The summed E-state index contributed by atoms with van der Waals surface area (Å²) in [6.07, 6.45) is 0.195. The molecule has 0 saturated carbocycles. The predicted molar refractivity (Wildman–Crippen MR) is 157 cm³/mol. The van der Waals surface area contributed by atoms with Crippen LogP contribution >= 0.6 is 0 Å². The molecule has 2 N–H and O–H groups in total. The third-order valence-corrected chi connectivity index (χ3v) is 7.65. The number of carboxylic acids is 1. The topological polar surface area (TPSA) is 95.0 Å². The Morgan fingerprint density at radius 1 is 0.953 bits per heavy atom. The molecule has 43 heavy (non-hydrogen) atoms. The Morgan fingerprint density at radius 3 is 2.28 bits per heavy atom. The number of nitrogens with one attached hydrogen (secondary N) is 1. The van der Waals surface area contributed by atoms with Crippen LogP contribution in [0, 0.1) is 0 Å². The average Bonchev–Trinajstić information content (AvgIpc) is 3.56. The molecule has 0 atom stereocenters. The summed E-state index contributed by atoms with van der Waals surface area (Å²) in [5, 5.41) is 10.1. The monoisotopic (exact) mass is 598 g/mol. The molecule has 0 radical (unpaired) electrons. The van der Waals surface area contributed by atoms with Crippen LogP contribution in [0.15, 0.2) is 66.7 Å². The molecular formula is C32H37F3N4O4. The first-order valence-corrected chi connectivity index (χ1v) is 14.4. The van der Waals surface area contributed by atoms with Crippen molar-refractivity contribution in [1.82, 2.24) is 20.1 Å². The van der Waals surface area contributed by atoms with Crippen molar-refractivity contribution in [3.8, 4) is 17.0 Å².